The molecule has 0 bridgehead atoms. The average molecular weight is 260 g/mol. The Morgan fingerprint density at radius 2 is 2.18 bits per heavy atom. The molecular formula is C12H24N2O2S. The van der Waals surface area contributed by atoms with Crippen molar-refractivity contribution in [2.45, 2.75) is 50.6 Å². The molecule has 4 nitrogen and oxygen atoms in total. The number of amides is 1. The highest BCUT2D eigenvalue weighted by Gasteiger charge is 2.36. The molecule has 0 aromatic carbocycles. The van der Waals surface area contributed by atoms with Crippen LogP contribution in [0.4, 0.5) is 0 Å². The molecule has 17 heavy (non-hydrogen) atoms. The number of hydrogen-bond acceptors (Lipinski definition) is 4. The molecule has 1 aliphatic rings. The molecule has 0 radical (unpaired) electrons. The Labute approximate surface area is 108 Å². The van der Waals surface area contributed by atoms with Crippen molar-refractivity contribution in [3.05, 3.63) is 0 Å². The molecule has 3 atom stereocenters. The second-order valence-electron chi connectivity index (χ2n) is 4.89. The summed E-state index contributed by atoms with van der Waals surface area (Å²) in [5, 5.41) is 12.7. The Bertz CT molecular complexity index is 257. The van der Waals surface area contributed by atoms with Gasteiger partial charge >= 0.3 is 0 Å². The lowest BCUT2D eigenvalue weighted by Crippen LogP contribution is -2.47. The lowest BCUT2D eigenvalue weighted by Gasteiger charge is -2.30. The first-order valence-corrected chi connectivity index (χ1v) is 7.50. The Hall–Kier alpha value is -0.260. The third-order valence-electron chi connectivity index (χ3n) is 3.29. The van der Waals surface area contributed by atoms with Crippen LogP contribution in [0.2, 0.25) is 0 Å². The number of rotatable bonds is 6. The summed E-state index contributed by atoms with van der Waals surface area (Å²) in [6.07, 6.45) is 2.84. The molecule has 0 spiro atoms. The molecule has 0 aromatic heterocycles. The van der Waals surface area contributed by atoms with Crippen molar-refractivity contribution in [3.8, 4) is 0 Å². The highest BCUT2D eigenvalue weighted by atomic mass is 32.2. The number of hydrogen-bond donors (Lipinski definition) is 2. The Morgan fingerprint density at radius 1 is 1.53 bits per heavy atom. The molecule has 1 aliphatic heterocycles. The average Bonchev–Trinajstić information content (AvgIpc) is 2.61. The molecule has 100 valence electrons. The summed E-state index contributed by atoms with van der Waals surface area (Å²) in [7, 11) is 0. The number of likely N-dealkylation sites (tertiary alicyclic amines) is 1. The molecule has 0 saturated carbocycles. The van der Waals surface area contributed by atoms with Gasteiger partial charge in [0, 0.05) is 23.9 Å². The third-order valence-corrected chi connectivity index (χ3v) is 4.44. The summed E-state index contributed by atoms with van der Waals surface area (Å²) < 4.78 is 0. The second kappa shape index (κ2) is 6.61. The van der Waals surface area contributed by atoms with E-state index in [2.05, 4.69) is 19.2 Å². The predicted molar refractivity (Wildman–Crippen MR) is 72.2 cm³/mol. The Morgan fingerprint density at radius 3 is 2.65 bits per heavy atom. The first kappa shape index (κ1) is 14.8. The first-order valence-electron chi connectivity index (χ1n) is 6.21. The summed E-state index contributed by atoms with van der Waals surface area (Å²) >= 11 is 1.62. The molecule has 3 unspecified atom stereocenters. The van der Waals surface area contributed by atoms with Gasteiger partial charge in [-0.2, -0.15) is 11.8 Å². The van der Waals surface area contributed by atoms with E-state index in [0.717, 1.165) is 13.0 Å². The van der Waals surface area contributed by atoms with Crippen LogP contribution in [0.15, 0.2) is 0 Å². The van der Waals surface area contributed by atoms with Gasteiger partial charge in [0.25, 0.3) is 0 Å². The molecule has 1 fully saturated rings. The molecular weight excluding hydrogens is 236 g/mol. The van der Waals surface area contributed by atoms with Gasteiger partial charge in [0.1, 0.15) is 0 Å². The second-order valence-corrected chi connectivity index (χ2v) is 5.97. The van der Waals surface area contributed by atoms with Gasteiger partial charge in [0.05, 0.1) is 12.6 Å². The largest absolute Gasteiger partial charge is 0.395 e. The van der Waals surface area contributed by atoms with Gasteiger partial charge in [-0.15, -0.1) is 0 Å². The van der Waals surface area contributed by atoms with E-state index in [0.29, 0.717) is 6.04 Å². The minimum Gasteiger partial charge on any atom is -0.395 e. The molecule has 1 saturated heterocycles. The monoisotopic (exact) mass is 260 g/mol. The van der Waals surface area contributed by atoms with E-state index >= 15 is 0 Å². The fraction of sp³-hybridized carbons (Fsp3) is 0.917. The zero-order valence-corrected chi connectivity index (χ0v) is 12.0. The minimum absolute atomic E-state index is 0.0429. The van der Waals surface area contributed by atoms with E-state index in [1.165, 1.54) is 0 Å². The molecule has 1 amide bonds. The maximum atomic E-state index is 12.2. The van der Waals surface area contributed by atoms with Crippen molar-refractivity contribution in [1.82, 2.24) is 10.2 Å². The summed E-state index contributed by atoms with van der Waals surface area (Å²) in [4.78, 5) is 14.1. The quantitative estimate of drug-likeness (QED) is 0.738. The molecule has 1 heterocycles. The summed E-state index contributed by atoms with van der Waals surface area (Å²) in [5.41, 5.74) is 0. The maximum Gasteiger partial charge on any atom is 0.240 e. The highest BCUT2D eigenvalue weighted by Crippen LogP contribution is 2.22. The van der Waals surface area contributed by atoms with Gasteiger partial charge < -0.3 is 15.3 Å². The van der Waals surface area contributed by atoms with Crippen molar-refractivity contribution in [2.24, 2.45) is 0 Å². The highest BCUT2D eigenvalue weighted by molar-refractivity contribution is 7.99. The van der Waals surface area contributed by atoms with Crippen LogP contribution in [-0.4, -0.2) is 58.7 Å². The van der Waals surface area contributed by atoms with Gasteiger partial charge in [-0.3, -0.25) is 4.79 Å². The van der Waals surface area contributed by atoms with Crippen LogP contribution in [0.1, 0.15) is 27.2 Å². The number of thioether (sulfide) groups is 1. The fourth-order valence-corrected chi connectivity index (χ4v) is 2.98. The van der Waals surface area contributed by atoms with Crippen molar-refractivity contribution < 1.29 is 9.90 Å². The van der Waals surface area contributed by atoms with Crippen LogP contribution < -0.4 is 5.32 Å². The van der Waals surface area contributed by atoms with Gasteiger partial charge in [0.15, 0.2) is 0 Å². The van der Waals surface area contributed by atoms with Crippen LogP contribution in [0.3, 0.4) is 0 Å². The summed E-state index contributed by atoms with van der Waals surface area (Å²) in [6, 6.07) is 0.383. The van der Waals surface area contributed by atoms with E-state index in [4.69, 9.17) is 0 Å². The maximum absolute atomic E-state index is 12.2. The van der Waals surface area contributed by atoms with Crippen molar-refractivity contribution in [1.29, 1.82) is 0 Å². The number of nitrogens with zero attached hydrogens (tertiary/aromatic N) is 1. The fourth-order valence-electron chi connectivity index (χ4n) is 2.29. The zero-order valence-electron chi connectivity index (χ0n) is 11.1. The van der Waals surface area contributed by atoms with Crippen molar-refractivity contribution >= 4 is 17.7 Å². The van der Waals surface area contributed by atoms with Gasteiger partial charge in [-0.1, -0.05) is 13.8 Å². The normalized spacial score (nSPS) is 24.5. The predicted octanol–water partition coefficient (Wildman–Crippen LogP) is 0.698. The first-order chi connectivity index (χ1) is 8.01. The minimum atomic E-state index is -0.0429. The molecule has 0 aliphatic carbocycles. The molecule has 0 aromatic rings. The van der Waals surface area contributed by atoms with Gasteiger partial charge in [-0.25, -0.2) is 0 Å². The lowest BCUT2D eigenvalue weighted by molar-refractivity contribution is -0.131. The van der Waals surface area contributed by atoms with Crippen LogP contribution in [0, 0.1) is 0 Å². The topological polar surface area (TPSA) is 52.6 Å². The number of nitrogens with one attached hydrogen (secondary N) is 1. The van der Waals surface area contributed by atoms with Crippen molar-refractivity contribution in [3.63, 3.8) is 0 Å². The molecule has 5 heteroatoms. The number of carbonyl (C=O) groups is 1. The smallest absolute Gasteiger partial charge is 0.240 e. The molecule has 2 N–H and O–H groups in total. The van der Waals surface area contributed by atoms with Crippen LogP contribution in [-0.2, 0) is 4.79 Å². The Kier molecular flexibility index (Phi) is 5.76. The number of carbonyl (C=O) groups excluding carboxylic acids is 1. The van der Waals surface area contributed by atoms with E-state index in [9.17, 15) is 9.90 Å². The SMILES string of the molecule is CSC(CO)C(C)N1CCC(NC(C)C)C1=O. The van der Waals surface area contributed by atoms with Gasteiger partial charge in [-0.05, 0) is 19.6 Å². The third kappa shape index (κ3) is 3.60. The van der Waals surface area contributed by atoms with E-state index in [-0.39, 0.29) is 29.8 Å². The number of aliphatic hydroxyl groups excluding tert-OH is 1. The zero-order chi connectivity index (χ0) is 13.0. The summed E-state index contributed by atoms with van der Waals surface area (Å²) in [6.45, 7) is 7.04. The van der Waals surface area contributed by atoms with E-state index in [1.807, 2.05) is 18.1 Å². The van der Waals surface area contributed by atoms with Crippen LogP contribution in [0.25, 0.3) is 0 Å². The van der Waals surface area contributed by atoms with Gasteiger partial charge in [0.2, 0.25) is 5.91 Å². The van der Waals surface area contributed by atoms with E-state index in [1.54, 1.807) is 11.8 Å². The van der Waals surface area contributed by atoms with E-state index < -0.39 is 0 Å². The molecule has 1 rings (SSSR count). The standard InChI is InChI=1S/C12H24N2O2S/c1-8(2)13-10-5-6-14(12(10)16)9(3)11(7-15)17-4/h8-11,13,15H,5-7H2,1-4H3. The summed E-state index contributed by atoms with van der Waals surface area (Å²) in [5.74, 6) is 0.179. The van der Waals surface area contributed by atoms with Crippen LogP contribution in [0.5, 0.6) is 0 Å². The Balaban J connectivity index is 2.59. The van der Waals surface area contributed by atoms with Crippen molar-refractivity contribution in [2.75, 3.05) is 19.4 Å². The van der Waals surface area contributed by atoms with Crippen LogP contribution >= 0.6 is 11.8 Å². The lowest BCUT2D eigenvalue weighted by atomic mass is 10.2. The number of aliphatic hydroxyl groups is 1.